The highest BCUT2D eigenvalue weighted by atomic mass is 16.5. The van der Waals surface area contributed by atoms with E-state index in [0.717, 1.165) is 0 Å². The first-order valence-corrected chi connectivity index (χ1v) is 7.25. The van der Waals surface area contributed by atoms with E-state index in [4.69, 9.17) is 8.94 Å². The van der Waals surface area contributed by atoms with Gasteiger partial charge in [0.25, 0.3) is 11.3 Å². The van der Waals surface area contributed by atoms with Gasteiger partial charge in [0.15, 0.2) is 0 Å². The Hall–Kier alpha value is -2.90. The molecule has 0 aliphatic carbocycles. The summed E-state index contributed by atoms with van der Waals surface area (Å²) in [5, 5.41) is 6.77. The van der Waals surface area contributed by atoms with Crippen LogP contribution in [0.5, 0.6) is 0 Å². The first kappa shape index (κ1) is 15.0. The van der Waals surface area contributed by atoms with Crippen molar-refractivity contribution in [3.05, 3.63) is 46.0 Å². The number of furan rings is 1. The third-order valence-corrected chi connectivity index (χ3v) is 3.50. The predicted octanol–water partition coefficient (Wildman–Crippen LogP) is 1.16. The number of hydrogen-bond acceptors (Lipinski definition) is 6. The monoisotopic (exact) mass is 316 g/mol. The second kappa shape index (κ2) is 6.07. The van der Waals surface area contributed by atoms with Crippen LogP contribution in [0.15, 0.2) is 32.1 Å². The van der Waals surface area contributed by atoms with Gasteiger partial charge in [0.05, 0.1) is 18.5 Å². The summed E-state index contributed by atoms with van der Waals surface area (Å²) in [4.78, 5) is 29.0. The van der Waals surface area contributed by atoms with E-state index < -0.39 is 0 Å². The largest absolute Gasteiger partial charge is 0.467 e. The minimum atomic E-state index is -0.321. The molecule has 120 valence electrons. The third kappa shape index (κ3) is 2.87. The Morgan fingerprint density at radius 2 is 2.26 bits per heavy atom. The average molecular weight is 316 g/mol. The van der Waals surface area contributed by atoms with Gasteiger partial charge in [0, 0.05) is 6.42 Å². The van der Waals surface area contributed by atoms with Gasteiger partial charge in [-0.05, 0) is 19.1 Å². The molecular weight excluding hydrogens is 300 g/mol. The highest BCUT2D eigenvalue weighted by Gasteiger charge is 2.17. The van der Waals surface area contributed by atoms with Crippen LogP contribution in [0.2, 0.25) is 0 Å². The van der Waals surface area contributed by atoms with Crippen LogP contribution in [0.3, 0.4) is 0 Å². The fourth-order valence-corrected chi connectivity index (χ4v) is 2.34. The number of fused-ring (bicyclic) bond motifs is 1. The highest BCUT2D eigenvalue weighted by molar-refractivity contribution is 5.77. The Morgan fingerprint density at radius 1 is 1.43 bits per heavy atom. The fourth-order valence-electron chi connectivity index (χ4n) is 2.34. The summed E-state index contributed by atoms with van der Waals surface area (Å²) in [6, 6.07) is 3.51. The number of hydrogen-bond donors (Lipinski definition) is 1. The van der Waals surface area contributed by atoms with Gasteiger partial charge in [0.1, 0.15) is 23.5 Å². The van der Waals surface area contributed by atoms with E-state index in [1.54, 1.807) is 19.1 Å². The predicted molar refractivity (Wildman–Crippen MR) is 80.7 cm³/mol. The van der Waals surface area contributed by atoms with Gasteiger partial charge in [-0.15, -0.1) is 0 Å². The minimum absolute atomic E-state index is 0.115. The molecule has 0 aliphatic rings. The second-order valence-corrected chi connectivity index (χ2v) is 5.08. The lowest BCUT2D eigenvalue weighted by molar-refractivity contribution is -0.122. The average Bonchev–Trinajstić information content (AvgIpc) is 3.17. The Balaban J connectivity index is 1.86. The number of nitrogens with zero attached hydrogens (tertiary/aromatic N) is 3. The molecular formula is C15H16N4O4. The standard InChI is InChI=1S/C15H16N4O4/c1-3-11-17-14-13(9(2)18-23-14)15(21)19(11)8-12(20)16-7-10-5-4-6-22-10/h4-6H,3,7-8H2,1-2H3,(H,16,20). The van der Waals surface area contributed by atoms with Crippen molar-refractivity contribution in [1.82, 2.24) is 20.0 Å². The van der Waals surface area contributed by atoms with Gasteiger partial charge < -0.3 is 14.3 Å². The van der Waals surface area contributed by atoms with E-state index in [1.165, 1.54) is 10.8 Å². The first-order chi connectivity index (χ1) is 11.1. The summed E-state index contributed by atoms with van der Waals surface area (Å²) in [5.74, 6) is 0.824. The van der Waals surface area contributed by atoms with E-state index >= 15 is 0 Å². The van der Waals surface area contributed by atoms with Crippen LogP contribution in [-0.4, -0.2) is 20.6 Å². The number of carbonyl (C=O) groups is 1. The van der Waals surface area contributed by atoms with Gasteiger partial charge in [0.2, 0.25) is 5.91 Å². The van der Waals surface area contributed by atoms with Crippen molar-refractivity contribution in [2.45, 2.75) is 33.4 Å². The van der Waals surface area contributed by atoms with Gasteiger partial charge in [-0.2, -0.15) is 4.98 Å². The maximum Gasteiger partial charge on any atom is 0.267 e. The van der Waals surface area contributed by atoms with Gasteiger partial charge in [-0.1, -0.05) is 12.1 Å². The van der Waals surface area contributed by atoms with E-state index in [9.17, 15) is 9.59 Å². The molecule has 3 aromatic rings. The zero-order chi connectivity index (χ0) is 16.4. The summed E-state index contributed by atoms with van der Waals surface area (Å²) < 4.78 is 11.5. The van der Waals surface area contributed by atoms with Crippen LogP contribution < -0.4 is 10.9 Å². The van der Waals surface area contributed by atoms with Crippen LogP contribution >= 0.6 is 0 Å². The molecule has 0 bridgehead atoms. The number of carbonyl (C=O) groups excluding carboxylic acids is 1. The highest BCUT2D eigenvalue weighted by Crippen LogP contribution is 2.12. The molecule has 0 saturated heterocycles. The summed E-state index contributed by atoms with van der Waals surface area (Å²) >= 11 is 0. The first-order valence-electron chi connectivity index (χ1n) is 7.25. The maximum atomic E-state index is 12.6. The van der Waals surface area contributed by atoms with Gasteiger partial charge >= 0.3 is 0 Å². The van der Waals surface area contributed by atoms with E-state index in [1.807, 2.05) is 6.92 Å². The fraction of sp³-hybridized carbons (Fsp3) is 0.333. The van der Waals surface area contributed by atoms with Gasteiger partial charge in [-0.25, -0.2) is 0 Å². The van der Waals surface area contributed by atoms with Crippen LogP contribution in [0.25, 0.3) is 11.1 Å². The maximum absolute atomic E-state index is 12.6. The number of amides is 1. The molecule has 0 fully saturated rings. The SMILES string of the molecule is CCc1nc2onc(C)c2c(=O)n1CC(=O)NCc1ccco1. The summed E-state index contributed by atoms with van der Waals surface area (Å²) in [7, 11) is 0. The molecule has 8 nitrogen and oxygen atoms in total. The van der Waals surface area contributed by atoms with Crippen LogP contribution in [0, 0.1) is 6.92 Å². The van der Waals surface area contributed by atoms with Crippen molar-refractivity contribution in [3.63, 3.8) is 0 Å². The number of nitrogens with one attached hydrogen (secondary N) is 1. The van der Waals surface area contributed by atoms with Crippen molar-refractivity contribution >= 4 is 17.0 Å². The molecule has 3 rings (SSSR count). The Kier molecular flexibility index (Phi) is 3.96. The Bertz CT molecular complexity index is 892. The van der Waals surface area contributed by atoms with Gasteiger partial charge in [-0.3, -0.25) is 14.2 Å². The van der Waals surface area contributed by atoms with Crippen LogP contribution in [0.4, 0.5) is 0 Å². The quantitative estimate of drug-likeness (QED) is 0.757. The smallest absolute Gasteiger partial charge is 0.267 e. The minimum Gasteiger partial charge on any atom is -0.467 e. The van der Waals surface area contributed by atoms with E-state index in [2.05, 4.69) is 15.5 Å². The van der Waals surface area contributed by atoms with Crippen molar-refractivity contribution in [3.8, 4) is 0 Å². The molecule has 0 unspecified atom stereocenters. The molecule has 0 radical (unpaired) electrons. The lowest BCUT2D eigenvalue weighted by atomic mass is 10.3. The Labute approximate surface area is 131 Å². The van der Waals surface area contributed by atoms with Crippen LogP contribution in [0.1, 0.15) is 24.2 Å². The zero-order valence-corrected chi connectivity index (χ0v) is 12.8. The van der Waals surface area contributed by atoms with Crippen LogP contribution in [-0.2, 0) is 24.3 Å². The van der Waals surface area contributed by atoms with E-state index in [0.29, 0.717) is 29.1 Å². The summed E-state index contributed by atoms with van der Waals surface area (Å²) in [6.45, 7) is 3.68. The number of aromatic nitrogens is 3. The van der Waals surface area contributed by atoms with Crippen molar-refractivity contribution in [2.24, 2.45) is 0 Å². The normalized spacial score (nSPS) is 11.0. The molecule has 0 aromatic carbocycles. The molecule has 0 atom stereocenters. The second-order valence-electron chi connectivity index (χ2n) is 5.08. The number of aryl methyl sites for hydroxylation is 2. The molecule has 0 aliphatic heterocycles. The Morgan fingerprint density at radius 3 is 2.96 bits per heavy atom. The van der Waals surface area contributed by atoms with Crippen molar-refractivity contribution < 1.29 is 13.7 Å². The molecule has 23 heavy (non-hydrogen) atoms. The number of rotatable bonds is 5. The molecule has 0 spiro atoms. The lowest BCUT2D eigenvalue weighted by Gasteiger charge is -2.10. The van der Waals surface area contributed by atoms with Crippen molar-refractivity contribution in [1.29, 1.82) is 0 Å². The molecule has 3 heterocycles. The molecule has 3 aromatic heterocycles. The molecule has 8 heteroatoms. The third-order valence-electron chi connectivity index (χ3n) is 3.50. The van der Waals surface area contributed by atoms with Crippen molar-refractivity contribution in [2.75, 3.05) is 0 Å². The molecule has 1 N–H and O–H groups in total. The molecule has 0 saturated carbocycles. The topological polar surface area (TPSA) is 103 Å². The van der Waals surface area contributed by atoms with E-state index in [-0.39, 0.29) is 30.3 Å². The molecule has 1 amide bonds. The summed E-state index contributed by atoms with van der Waals surface area (Å²) in [5.41, 5.74) is 0.347. The summed E-state index contributed by atoms with van der Waals surface area (Å²) in [6.07, 6.45) is 2.03. The lowest BCUT2D eigenvalue weighted by Crippen LogP contribution is -2.34. The zero-order valence-electron chi connectivity index (χ0n) is 12.8.